The molecule has 0 unspecified atom stereocenters. The van der Waals surface area contributed by atoms with Crippen LogP contribution in [-0.2, 0) is 4.79 Å². The van der Waals surface area contributed by atoms with E-state index in [9.17, 15) is 9.59 Å². The van der Waals surface area contributed by atoms with Gasteiger partial charge in [-0.1, -0.05) is 39.0 Å². The first-order valence-electron chi connectivity index (χ1n) is 11.0. The van der Waals surface area contributed by atoms with E-state index >= 15 is 0 Å². The summed E-state index contributed by atoms with van der Waals surface area (Å²) < 4.78 is 0. The summed E-state index contributed by atoms with van der Waals surface area (Å²) in [6.07, 6.45) is 10.0. The Morgan fingerprint density at radius 3 is 2.34 bits per heavy atom. The predicted molar refractivity (Wildman–Crippen MR) is 121 cm³/mol. The fourth-order valence-corrected chi connectivity index (χ4v) is 4.48. The van der Waals surface area contributed by atoms with Gasteiger partial charge < -0.3 is 15.5 Å². The summed E-state index contributed by atoms with van der Waals surface area (Å²) in [5.41, 5.74) is 1.46. The van der Waals surface area contributed by atoms with Crippen LogP contribution >= 0.6 is 12.2 Å². The van der Waals surface area contributed by atoms with E-state index in [4.69, 9.17) is 12.2 Å². The summed E-state index contributed by atoms with van der Waals surface area (Å²) in [5.74, 6) is 1.44. The Morgan fingerprint density at radius 1 is 1.03 bits per heavy atom. The molecule has 2 aliphatic rings. The second-order valence-corrected chi connectivity index (χ2v) is 9.01. The van der Waals surface area contributed by atoms with Crippen LogP contribution < -0.4 is 10.6 Å². The molecule has 1 aromatic carbocycles. The van der Waals surface area contributed by atoms with Crippen LogP contribution in [0.2, 0.25) is 0 Å². The first kappa shape index (κ1) is 21.8. The van der Waals surface area contributed by atoms with Crippen molar-refractivity contribution in [3.05, 3.63) is 29.8 Å². The molecule has 0 aromatic heterocycles. The van der Waals surface area contributed by atoms with Gasteiger partial charge >= 0.3 is 0 Å². The molecule has 2 fully saturated rings. The molecule has 6 heteroatoms. The fourth-order valence-electron chi connectivity index (χ4n) is 4.25. The van der Waals surface area contributed by atoms with Crippen molar-refractivity contribution in [2.45, 2.75) is 64.7 Å². The highest BCUT2D eigenvalue weighted by Crippen LogP contribution is 2.27. The number of amides is 2. The quantitative estimate of drug-likeness (QED) is 0.683. The Morgan fingerprint density at radius 2 is 1.69 bits per heavy atom. The van der Waals surface area contributed by atoms with Gasteiger partial charge in [0, 0.05) is 30.8 Å². The number of hydrogen-bond donors (Lipinski definition) is 2. The molecule has 1 saturated heterocycles. The Bertz CT molecular complexity index is 705. The predicted octanol–water partition coefficient (Wildman–Crippen LogP) is 4.73. The Hall–Kier alpha value is -1.95. The van der Waals surface area contributed by atoms with Crippen LogP contribution in [0.4, 0.5) is 5.69 Å². The van der Waals surface area contributed by atoms with Crippen LogP contribution in [0.25, 0.3) is 0 Å². The average molecular weight is 416 g/mol. The number of carbonyl (C=O) groups excluding carboxylic acids is 2. The largest absolute Gasteiger partial charge is 0.339 e. The second-order valence-electron chi connectivity index (χ2n) is 8.60. The highest BCUT2D eigenvalue weighted by molar-refractivity contribution is 7.80. The summed E-state index contributed by atoms with van der Waals surface area (Å²) in [5, 5.41) is 6.11. The number of likely N-dealkylation sites (tertiary alicyclic amines) is 1. The van der Waals surface area contributed by atoms with Crippen LogP contribution in [0.5, 0.6) is 0 Å². The smallest absolute Gasteiger partial charge is 0.253 e. The Labute approximate surface area is 179 Å². The first-order valence-corrected chi connectivity index (χ1v) is 11.4. The van der Waals surface area contributed by atoms with E-state index in [1.54, 1.807) is 0 Å². The lowest BCUT2D eigenvalue weighted by molar-refractivity contribution is -0.120. The van der Waals surface area contributed by atoms with Gasteiger partial charge in [0.25, 0.3) is 5.91 Å². The third-order valence-corrected chi connectivity index (χ3v) is 6.42. The van der Waals surface area contributed by atoms with Crippen LogP contribution in [0.15, 0.2) is 24.3 Å². The number of rotatable bonds is 5. The maximum atomic E-state index is 12.6. The van der Waals surface area contributed by atoms with Crippen LogP contribution in [-0.4, -0.2) is 34.9 Å². The van der Waals surface area contributed by atoms with Gasteiger partial charge in [-0.3, -0.25) is 9.59 Å². The molecule has 2 N–H and O–H groups in total. The SMILES string of the molecule is CC1CCN(C(=O)c2ccc(NC(=S)NC(=O)CCC3CCCCC3)cc2)CC1. The van der Waals surface area contributed by atoms with Crippen molar-refractivity contribution >= 4 is 34.8 Å². The lowest BCUT2D eigenvalue weighted by atomic mass is 9.86. The molecule has 0 bridgehead atoms. The van der Waals surface area contributed by atoms with Crippen molar-refractivity contribution in [1.29, 1.82) is 0 Å². The van der Waals surface area contributed by atoms with E-state index in [1.807, 2.05) is 29.2 Å². The molecule has 1 saturated carbocycles. The first-order chi connectivity index (χ1) is 14.0. The van der Waals surface area contributed by atoms with Gasteiger partial charge in [-0.15, -0.1) is 0 Å². The fraction of sp³-hybridized carbons (Fsp3) is 0.609. The van der Waals surface area contributed by atoms with Gasteiger partial charge in [0.15, 0.2) is 5.11 Å². The molecular formula is C23H33N3O2S. The normalized spacial score (nSPS) is 18.3. The molecule has 0 spiro atoms. The van der Waals surface area contributed by atoms with Gasteiger partial charge in [-0.05, 0) is 67.6 Å². The van der Waals surface area contributed by atoms with Crippen molar-refractivity contribution in [2.24, 2.45) is 11.8 Å². The lowest BCUT2D eigenvalue weighted by Crippen LogP contribution is -2.37. The maximum Gasteiger partial charge on any atom is 0.253 e. The Balaban J connectivity index is 1.42. The zero-order chi connectivity index (χ0) is 20.6. The van der Waals surface area contributed by atoms with E-state index in [-0.39, 0.29) is 11.8 Å². The molecule has 2 amide bonds. The standard InChI is InChI=1S/C23H33N3O2S/c1-17-13-15-26(16-14-17)22(28)19-8-10-20(11-9-19)24-23(29)25-21(27)12-7-18-5-3-2-4-6-18/h8-11,17-18H,2-7,12-16H2,1H3,(H2,24,25,27,29). The molecule has 1 aliphatic heterocycles. The summed E-state index contributed by atoms with van der Waals surface area (Å²) in [4.78, 5) is 26.7. The zero-order valence-corrected chi connectivity index (χ0v) is 18.2. The molecular weight excluding hydrogens is 382 g/mol. The number of carbonyl (C=O) groups is 2. The molecule has 0 atom stereocenters. The van der Waals surface area contributed by atoms with Crippen molar-refractivity contribution in [3.63, 3.8) is 0 Å². The zero-order valence-electron chi connectivity index (χ0n) is 17.4. The second kappa shape index (κ2) is 10.7. The van der Waals surface area contributed by atoms with E-state index in [1.165, 1.54) is 32.1 Å². The molecule has 1 heterocycles. The summed E-state index contributed by atoms with van der Waals surface area (Å²) >= 11 is 5.26. The molecule has 3 rings (SSSR count). The monoisotopic (exact) mass is 415 g/mol. The van der Waals surface area contributed by atoms with Gasteiger partial charge in [0.2, 0.25) is 5.91 Å². The number of benzene rings is 1. The molecule has 5 nitrogen and oxygen atoms in total. The third kappa shape index (κ3) is 6.81. The molecule has 29 heavy (non-hydrogen) atoms. The summed E-state index contributed by atoms with van der Waals surface area (Å²) in [7, 11) is 0. The van der Waals surface area contributed by atoms with Crippen molar-refractivity contribution in [3.8, 4) is 0 Å². The van der Waals surface area contributed by atoms with E-state index in [0.717, 1.165) is 38.0 Å². The summed E-state index contributed by atoms with van der Waals surface area (Å²) in [6.45, 7) is 3.90. The number of thiocarbonyl (C=S) groups is 1. The molecule has 1 aromatic rings. The highest BCUT2D eigenvalue weighted by Gasteiger charge is 2.21. The van der Waals surface area contributed by atoms with Gasteiger partial charge in [0.05, 0.1) is 0 Å². The minimum absolute atomic E-state index is 0.0285. The lowest BCUT2D eigenvalue weighted by Gasteiger charge is -2.30. The van der Waals surface area contributed by atoms with Crippen LogP contribution in [0.1, 0.15) is 75.1 Å². The molecule has 1 aliphatic carbocycles. The number of nitrogens with zero attached hydrogens (tertiary/aromatic N) is 1. The maximum absolute atomic E-state index is 12.6. The Kier molecular flexibility index (Phi) is 8.04. The minimum atomic E-state index is -0.0285. The van der Waals surface area contributed by atoms with Crippen molar-refractivity contribution in [2.75, 3.05) is 18.4 Å². The van der Waals surface area contributed by atoms with Crippen LogP contribution in [0, 0.1) is 11.8 Å². The van der Waals surface area contributed by atoms with Gasteiger partial charge in [-0.2, -0.15) is 0 Å². The molecule has 0 radical (unpaired) electrons. The number of nitrogens with one attached hydrogen (secondary N) is 2. The van der Waals surface area contributed by atoms with Crippen LogP contribution in [0.3, 0.4) is 0 Å². The number of piperidine rings is 1. The molecule has 158 valence electrons. The van der Waals surface area contributed by atoms with Crippen molar-refractivity contribution < 1.29 is 9.59 Å². The minimum Gasteiger partial charge on any atom is -0.339 e. The van der Waals surface area contributed by atoms with E-state index < -0.39 is 0 Å². The van der Waals surface area contributed by atoms with Gasteiger partial charge in [-0.25, -0.2) is 0 Å². The van der Waals surface area contributed by atoms with Crippen molar-refractivity contribution in [1.82, 2.24) is 10.2 Å². The number of hydrogen-bond acceptors (Lipinski definition) is 3. The highest BCUT2D eigenvalue weighted by atomic mass is 32.1. The average Bonchev–Trinajstić information content (AvgIpc) is 2.73. The number of anilines is 1. The summed E-state index contributed by atoms with van der Waals surface area (Å²) in [6, 6.07) is 7.30. The van der Waals surface area contributed by atoms with Gasteiger partial charge in [0.1, 0.15) is 0 Å². The van der Waals surface area contributed by atoms with E-state index in [2.05, 4.69) is 17.6 Å². The third-order valence-electron chi connectivity index (χ3n) is 6.22. The topological polar surface area (TPSA) is 61.4 Å². The van der Waals surface area contributed by atoms with E-state index in [0.29, 0.717) is 28.9 Å².